The third-order valence-electron chi connectivity index (χ3n) is 9.48. The summed E-state index contributed by atoms with van der Waals surface area (Å²) < 4.78 is 20.8. The Morgan fingerprint density at radius 2 is 1.76 bits per heavy atom. The zero-order valence-electron chi connectivity index (χ0n) is 20.5. The number of ether oxygens (including phenoxy) is 4. The number of allylic oxidation sites excluding steroid dienone is 3. The Morgan fingerprint density at radius 3 is 2.42 bits per heavy atom. The average molecular weight is 463 g/mol. The zero-order chi connectivity index (χ0) is 24.0. The smallest absolute Gasteiger partial charge is 0.438 e. The van der Waals surface area contributed by atoms with Crippen LogP contribution in [0.3, 0.4) is 0 Å². The highest BCUT2D eigenvalue weighted by atomic mass is 16.7. The lowest BCUT2D eigenvalue weighted by atomic mass is 9.49. The summed E-state index contributed by atoms with van der Waals surface area (Å²) in [5.74, 6) is 1.53. The van der Waals surface area contributed by atoms with Gasteiger partial charge in [-0.3, -0.25) is 0 Å². The molecule has 0 heterocycles. The van der Waals surface area contributed by atoms with E-state index in [1.165, 1.54) is 19.8 Å². The van der Waals surface area contributed by atoms with Gasteiger partial charge in [0.25, 0.3) is 0 Å². The van der Waals surface area contributed by atoms with E-state index < -0.39 is 24.5 Å². The molecular formula is C26H38O7. The quantitative estimate of drug-likeness (QED) is 0.586. The molecule has 0 spiro atoms. The SMILES string of the molecule is COC(=O)O[C@@H]1CC2=CC=C3[C@@H]4CC[C@H](C(C)CO)[C@@]4(C)CC[C@@H]3[C@@]2(C)[C@@H](OC(=O)OC)C1. The van der Waals surface area contributed by atoms with Crippen molar-refractivity contribution >= 4 is 12.3 Å². The highest BCUT2D eigenvalue weighted by molar-refractivity contribution is 5.61. The molecule has 33 heavy (non-hydrogen) atoms. The van der Waals surface area contributed by atoms with Gasteiger partial charge in [0, 0.05) is 24.9 Å². The van der Waals surface area contributed by atoms with Crippen LogP contribution in [0.5, 0.6) is 0 Å². The van der Waals surface area contributed by atoms with E-state index in [4.69, 9.17) is 18.9 Å². The zero-order valence-corrected chi connectivity index (χ0v) is 20.5. The van der Waals surface area contributed by atoms with Crippen molar-refractivity contribution in [3.05, 3.63) is 23.3 Å². The molecule has 8 atom stereocenters. The number of hydrogen-bond acceptors (Lipinski definition) is 7. The van der Waals surface area contributed by atoms with Crippen molar-refractivity contribution < 1.29 is 33.6 Å². The number of methoxy groups -OCH3 is 2. The average Bonchev–Trinajstić information content (AvgIpc) is 3.16. The molecule has 0 saturated heterocycles. The van der Waals surface area contributed by atoms with Crippen LogP contribution in [0.1, 0.15) is 59.3 Å². The van der Waals surface area contributed by atoms with Gasteiger partial charge in [-0.1, -0.05) is 44.1 Å². The van der Waals surface area contributed by atoms with Crippen LogP contribution >= 0.6 is 0 Å². The molecule has 0 aromatic heterocycles. The third-order valence-corrected chi connectivity index (χ3v) is 9.48. The van der Waals surface area contributed by atoms with Crippen LogP contribution in [0.4, 0.5) is 9.59 Å². The van der Waals surface area contributed by atoms with Gasteiger partial charge in [0.05, 0.1) is 14.2 Å². The van der Waals surface area contributed by atoms with Crippen molar-refractivity contribution in [3.63, 3.8) is 0 Å². The number of fused-ring (bicyclic) bond motifs is 5. The molecule has 4 aliphatic carbocycles. The van der Waals surface area contributed by atoms with Gasteiger partial charge in [-0.2, -0.15) is 0 Å². The van der Waals surface area contributed by atoms with Crippen LogP contribution in [0.2, 0.25) is 0 Å². The van der Waals surface area contributed by atoms with E-state index in [-0.39, 0.29) is 23.4 Å². The van der Waals surface area contributed by atoms with Crippen LogP contribution in [-0.2, 0) is 18.9 Å². The molecule has 184 valence electrons. The number of aliphatic hydroxyl groups excluding tert-OH is 1. The molecule has 7 nitrogen and oxygen atoms in total. The molecule has 3 fully saturated rings. The first-order valence-electron chi connectivity index (χ1n) is 12.2. The fourth-order valence-corrected chi connectivity index (χ4v) is 7.72. The summed E-state index contributed by atoms with van der Waals surface area (Å²) in [6.07, 6.45) is 7.49. The van der Waals surface area contributed by atoms with Crippen molar-refractivity contribution in [1.29, 1.82) is 0 Å². The molecule has 1 unspecified atom stereocenters. The van der Waals surface area contributed by atoms with E-state index in [2.05, 4.69) is 32.9 Å². The first-order valence-corrected chi connectivity index (χ1v) is 12.2. The first kappa shape index (κ1) is 24.1. The minimum absolute atomic E-state index is 0.177. The second kappa shape index (κ2) is 8.97. The molecule has 4 rings (SSSR count). The van der Waals surface area contributed by atoms with Gasteiger partial charge in [0.2, 0.25) is 0 Å². The minimum atomic E-state index is -0.725. The predicted octanol–water partition coefficient (Wildman–Crippen LogP) is 5.03. The predicted molar refractivity (Wildman–Crippen MR) is 121 cm³/mol. The minimum Gasteiger partial charge on any atom is -0.438 e. The molecule has 0 aliphatic heterocycles. The second-order valence-electron chi connectivity index (χ2n) is 10.8. The molecule has 0 aromatic carbocycles. The summed E-state index contributed by atoms with van der Waals surface area (Å²) in [6.45, 7) is 7.00. The van der Waals surface area contributed by atoms with E-state index >= 15 is 0 Å². The maximum absolute atomic E-state index is 12.2. The summed E-state index contributed by atoms with van der Waals surface area (Å²) in [5.41, 5.74) is 2.40. The van der Waals surface area contributed by atoms with Gasteiger partial charge in [0.15, 0.2) is 0 Å². The normalized spacial score (nSPS) is 40.2. The Bertz CT molecular complexity index is 848. The third kappa shape index (κ3) is 3.86. The van der Waals surface area contributed by atoms with Gasteiger partial charge >= 0.3 is 12.3 Å². The fraction of sp³-hybridized carbons (Fsp3) is 0.769. The Balaban J connectivity index is 1.68. The van der Waals surface area contributed by atoms with E-state index in [9.17, 15) is 14.7 Å². The molecular weight excluding hydrogens is 424 g/mol. The molecule has 0 aromatic rings. The second-order valence-corrected chi connectivity index (χ2v) is 10.8. The van der Waals surface area contributed by atoms with Gasteiger partial charge in [-0.05, 0) is 54.8 Å². The summed E-state index contributed by atoms with van der Waals surface area (Å²) >= 11 is 0. The van der Waals surface area contributed by atoms with E-state index in [1.807, 2.05) is 0 Å². The fourth-order valence-electron chi connectivity index (χ4n) is 7.72. The van der Waals surface area contributed by atoms with Crippen molar-refractivity contribution in [2.24, 2.45) is 34.5 Å². The monoisotopic (exact) mass is 462 g/mol. The summed E-state index contributed by atoms with van der Waals surface area (Å²) in [5, 5.41) is 9.85. The lowest BCUT2D eigenvalue weighted by Gasteiger charge is -2.57. The topological polar surface area (TPSA) is 91.3 Å². The van der Waals surface area contributed by atoms with Gasteiger partial charge in [0.1, 0.15) is 12.2 Å². The Morgan fingerprint density at radius 1 is 1.06 bits per heavy atom. The summed E-state index contributed by atoms with van der Waals surface area (Å²) in [4.78, 5) is 24.0. The van der Waals surface area contributed by atoms with Crippen LogP contribution in [0.25, 0.3) is 0 Å². The molecule has 0 bridgehead atoms. The largest absolute Gasteiger partial charge is 0.508 e. The van der Waals surface area contributed by atoms with Crippen LogP contribution in [0, 0.1) is 34.5 Å². The van der Waals surface area contributed by atoms with Crippen LogP contribution < -0.4 is 0 Å². The van der Waals surface area contributed by atoms with Crippen LogP contribution in [0.15, 0.2) is 23.3 Å². The number of rotatable bonds is 4. The lowest BCUT2D eigenvalue weighted by molar-refractivity contribution is -0.0833. The standard InChI is InChI=1S/C26H38O7/c1-15(14-27)19-8-9-20-18-7-6-16-12-17(32-23(28)30-4)13-22(33-24(29)31-5)26(16,3)21(18)10-11-25(19,20)2/h6-7,15,17,19-22,27H,8-14H2,1-5H3/t15?,17-,19-,20+,21+,22+,25-,26+/m1/s1. The van der Waals surface area contributed by atoms with Crippen molar-refractivity contribution in [1.82, 2.24) is 0 Å². The number of hydrogen-bond donors (Lipinski definition) is 1. The van der Waals surface area contributed by atoms with Crippen molar-refractivity contribution in [3.8, 4) is 0 Å². The lowest BCUT2D eigenvalue weighted by Crippen LogP contribution is -2.54. The van der Waals surface area contributed by atoms with Crippen molar-refractivity contribution in [2.75, 3.05) is 20.8 Å². The molecule has 0 amide bonds. The highest BCUT2D eigenvalue weighted by Crippen LogP contribution is 2.66. The molecule has 1 N–H and O–H groups in total. The number of aliphatic hydroxyl groups is 1. The highest BCUT2D eigenvalue weighted by Gasteiger charge is 2.60. The Kier molecular flexibility index (Phi) is 6.56. The van der Waals surface area contributed by atoms with Crippen LogP contribution in [-0.4, -0.2) is 50.5 Å². The van der Waals surface area contributed by atoms with E-state index in [0.717, 1.165) is 31.3 Å². The van der Waals surface area contributed by atoms with E-state index in [1.54, 1.807) is 0 Å². The van der Waals surface area contributed by atoms with Gasteiger partial charge < -0.3 is 24.1 Å². The molecule has 4 aliphatic rings. The molecule has 7 heteroatoms. The Labute approximate surface area is 196 Å². The molecule has 3 saturated carbocycles. The maximum Gasteiger partial charge on any atom is 0.508 e. The van der Waals surface area contributed by atoms with Gasteiger partial charge in [-0.25, -0.2) is 9.59 Å². The van der Waals surface area contributed by atoms with Gasteiger partial charge in [-0.15, -0.1) is 0 Å². The van der Waals surface area contributed by atoms with Crippen molar-refractivity contribution in [2.45, 2.75) is 71.5 Å². The summed E-state index contributed by atoms with van der Waals surface area (Å²) in [7, 11) is 2.60. The van der Waals surface area contributed by atoms with E-state index in [0.29, 0.717) is 30.6 Å². The summed E-state index contributed by atoms with van der Waals surface area (Å²) in [6, 6.07) is 0. The first-order chi connectivity index (χ1) is 15.7. The molecule has 0 radical (unpaired) electrons. The number of carbonyl (C=O) groups is 2. The number of carbonyl (C=O) groups excluding carboxylic acids is 2. The maximum atomic E-state index is 12.2. The Hall–Kier alpha value is -2.02.